The molecule has 0 saturated carbocycles. The fourth-order valence-electron chi connectivity index (χ4n) is 3.85. The molecule has 0 aromatic heterocycles. The number of nitriles is 1. The summed E-state index contributed by atoms with van der Waals surface area (Å²) in [5, 5.41) is 9.03. The Morgan fingerprint density at radius 2 is 1.41 bits per heavy atom. The van der Waals surface area contributed by atoms with Crippen molar-refractivity contribution in [1.82, 2.24) is 0 Å². The quantitative estimate of drug-likeness (QED) is 0.293. The molecule has 4 aromatic rings. The molecule has 0 radical (unpaired) electrons. The Balaban J connectivity index is 1.74. The van der Waals surface area contributed by atoms with Gasteiger partial charge in [0.2, 0.25) is 0 Å². The average Bonchev–Trinajstić information content (AvgIpc) is 2.77. The lowest BCUT2D eigenvalue weighted by atomic mass is 9.95. The van der Waals surface area contributed by atoms with Gasteiger partial charge in [-0.1, -0.05) is 49.7 Å². The summed E-state index contributed by atoms with van der Waals surface area (Å²) in [6.07, 6.45) is 3.12. The number of rotatable bonds is 5. The highest BCUT2D eigenvalue weighted by atomic mass is 19.1. The molecule has 1 nitrogen and oxygen atoms in total. The summed E-state index contributed by atoms with van der Waals surface area (Å²) in [7, 11) is 0. The van der Waals surface area contributed by atoms with E-state index in [0.717, 1.165) is 25.3 Å². The Kier molecular flexibility index (Phi) is 5.96. The molecule has 0 spiro atoms. The van der Waals surface area contributed by atoms with Gasteiger partial charge in [0.1, 0.15) is 29.1 Å². The molecule has 0 N–H and O–H groups in total. The lowest BCUT2D eigenvalue weighted by molar-refractivity contribution is 0.585. The number of nitrogens with zero attached hydrogens (tertiary/aromatic N) is 1. The van der Waals surface area contributed by atoms with Gasteiger partial charge >= 0.3 is 0 Å². The molecule has 5 heteroatoms. The zero-order chi connectivity index (χ0) is 22.8. The van der Waals surface area contributed by atoms with Crippen molar-refractivity contribution < 1.29 is 17.6 Å². The second-order valence-electron chi connectivity index (χ2n) is 7.71. The van der Waals surface area contributed by atoms with Crippen LogP contribution in [0.25, 0.3) is 33.0 Å². The maximum absolute atomic E-state index is 15.0. The molecule has 0 aliphatic heterocycles. The van der Waals surface area contributed by atoms with Crippen molar-refractivity contribution in [1.29, 1.82) is 5.26 Å². The van der Waals surface area contributed by atoms with E-state index in [1.54, 1.807) is 0 Å². The molecule has 4 rings (SSSR count). The third kappa shape index (κ3) is 3.97. The van der Waals surface area contributed by atoms with Crippen molar-refractivity contribution >= 4 is 10.8 Å². The van der Waals surface area contributed by atoms with E-state index in [2.05, 4.69) is 6.92 Å². The van der Waals surface area contributed by atoms with E-state index in [1.807, 2.05) is 24.3 Å². The highest BCUT2D eigenvalue weighted by Gasteiger charge is 2.18. The molecule has 4 aromatic carbocycles. The minimum Gasteiger partial charge on any atom is -0.206 e. The number of unbranched alkanes of at least 4 members (excludes halogenated alkanes) is 1. The molecule has 0 unspecified atom stereocenters. The predicted octanol–water partition coefficient (Wildman–Crippen LogP) is 7.94. The first kappa shape index (κ1) is 21.6. The fraction of sp³-hybridized carbons (Fsp3) is 0.148. The Morgan fingerprint density at radius 1 is 0.750 bits per heavy atom. The van der Waals surface area contributed by atoms with Gasteiger partial charge in [0.05, 0.1) is 5.56 Å². The summed E-state index contributed by atoms with van der Waals surface area (Å²) in [5.74, 6) is -3.56. The number of aryl methyl sites for hydroxylation is 1. The van der Waals surface area contributed by atoms with Crippen LogP contribution in [-0.4, -0.2) is 0 Å². The standard InChI is InChI=1S/C27H19F4N/c1-2-3-4-16-5-7-17(8-6-16)19-12-24(29)26(25(30)13-19)18-9-10-21-20(11-18)14-23(28)22(15-32)27(21)31/h5-14H,2-4H2,1H3. The molecule has 0 atom stereocenters. The van der Waals surface area contributed by atoms with Crippen LogP contribution in [0.1, 0.15) is 30.9 Å². The van der Waals surface area contributed by atoms with Crippen LogP contribution in [-0.2, 0) is 6.42 Å². The van der Waals surface area contributed by atoms with Crippen molar-refractivity contribution in [3.8, 4) is 28.3 Å². The van der Waals surface area contributed by atoms with Crippen molar-refractivity contribution in [3.63, 3.8) is 0 Å². The van der Waals surface area contributed by atoms with Crippen LogP contribution in [0, 0.1) is 34.6 Å². The first-order valence-corrected chi connectivity index (χ1v) is 10.3. The second kappa shape index (κ2) is 8.84. The number of benzene rings is 4. The molecule has 0 aliphatic rings. The number of hydrogen-bond acceptors (Lipinski definition) is 1. The van der Waals surface area contributed by atoms with Gasteiger partial charge < -0.3 is 0 Å². The summed E-state index contributed by atoms with van der Waals surface area (Å²) in [6, 6.07) is 16.5. The Morgan fingerprint density at radius 3 is 2.03 bits per heavy atom. The number of halogens is 4. The van der Waals surface area contributed by atoms with Gasteiger partial charge in [0, 0.05) is 5.39 Å². The van der Waals surface area contributed by atoms with E-state index >= 15 is 0 Å². The lowest BCUT2D eigenvalue weighted by Crippen LogP contribution is -1.95. The van der Waals surface area contributed by atoms with E-state index in [4.69, 9.17) is 5.26 Å². The molecule has 0 aliphatic carbocycles. The van der Waals surface area contributed by atoms with Crippen LogP contribution in [0.4, 0.5) is 17.6 Å². The van der Waals surface area contributed by atoms with Gasteiger partial charge in [-0.3, -0.25) is 0 Å². The molecular weight excluding hydrogens is 414 g/mol. The van der Waals surface area contributed by atoms with Crippen LogP contribution in [0.15, 0.2) is 60.7 Å². The summed E-state index contributed by atoms with van der Waals surface area (Å²) < 4.78 is 58.3. The maximum atomic E-state index is 15.0. The first-order chi connectivity index (χ1) is 15.4. The van der Waals surface area contributed by atoms with Crippen LogP contribution in [0.3, 0.4) is 0 Å². The highest BCUT2D eigenvalue weighted by molar-refractivity contribution is 5.89. The van der Waals surface area contributed by atoms with Gasteiger partial charge in [-0.15, -0.1) is 0 Å². The van der Waals surface area contributed by atoms with Gasteiger partial charge in [0.15, 0.2) is 5.82 Å². The molecule has 32 heavy (non-hydrogen) atoms. The van der Waals surface area contributed by atoms with Crippen molar-refractivity contribution in [2.75, 3.05) is 0 Å². The highest BCUT2D eigenvalue weighted by Crippen LogP contribution is 2.34. The third-order valence-corrected chi connectivity index (χ3v) is 5.58. The van der Waals surface area contributed by atoms with Gasteiger partial charge in [-0.05, 0) is 64.7 Å². The maximum Gasteiger partial charge on any atom is 0.151 e. The van der Waals surface area contributed by atoms with E-state index in [0.29, 0.717) is 11.1 Å². The molecule has 0 amide bonds. The molecule has 0 bridgehead atoms. The van der Waals surface area contributed by atoms with E-state index in [9.17, 15) is 17.6 Å². The minimum atomic E-state index is -1.02. The smallest absolute Gasteiger partial charge is 0.151 e. The van der Waals surface area contributed by atoms with Crippen LogP contribution >= 0.6 is 0 Å². The number of fused-ring (bicyclic) bond motifs is 1. The summed E-state index contributed by atoms with van der Waals surface area (Å²) >= 11 is 0. The predicted molar refractivity (Wildman–Crippen MR) is 118 cm³/mol. The van der Waals surface area contributed by atoms with Gasteiger partial charge in [-0.2, -0.15) is 5.26 Å². The van der Waals surface area contributed by atoms with Gasteiger partial charge in [-0.25, -0.2) is 17.6 Å². The van der Waals surface area contributed by atoms with E-state index in [-0.39, 0.29) is 21.9 Å². The topological polar surface area (TPSA) is 23.8 Å². The van der Waals surface area contributed by atoms with Crippen LogP contribution in [0.5, 0.6) is 0 Å². The fourth-order valence-corrected chi connectivity index (χ4v) is 3.85. The van der Waals surface area contributed by atoms with E-state index < -0.39 is 28.8 Å². The normalized spacial score (nSPS) is 11.0. The first-order valence-electron chi connectivity index (χ1n) is 10.3. The Labute approximate surface area is 183 Å². The third-order valence-electron chi connectivity index (χ3n) is 5.58. The Hall–Kier alpha value is -3.65. The number of hydrogen-bond donors (Lipinski definition) is 0. The Bertz CT molecular complexity index is 1330. The van der Waals surface area contributed by atoms with Gasteiger partial charge in [0.25, 0.3) is 0 Å². The largest absolute Gasteiger partial charge is 0.206 e. The van der Waals surface area contributed by atoms with E-state index in [1.165, 1.54) is 42.0 Å². The summed E-state index contributed by atoms with van der Waals surface area (Å²) in [6.45, 7) is 2.12. The SMILES string of the molecule is CCCCc1ccc(-c2cc(F)c(-c3ccc4c(F)c(C#N)c(F)cc4c3)c(F)c2)cc1. The van der Waals surface area contributed by atoms with Crippen molar-refractivity contribution in [2.45, 2.75) is 26.2 Å². The van der Waals surface area contributed by atoms with Crippen LogP contribution in [0.2, 0.25) is 0 Å². The second-order valence-corrected chi connectivity index (χ2v) is 7.71. The molecule has 0 saturated heterocycles. The lowest BCUT2D eigenvalue weighted by Gasteiger charge is -2.11. The van der Waals surface area contributed by atoms with Crippen molar-refractivity contribution in [3.05, 3.63) is 95.1 Å². The van der Waals surface area contributed by atoms with Crippen LogP contribution < -0.4 is 0 Å². The molecular formula is C27H19F4N. The summed E-state index contributed by atoms with van der Waals surface area (Å²) in [4.78, 5) is 0. The zero-order valence-electron chi connectivity index (χ0n) is 17.4. The monoisotopic (exact) mass is 433 g/mol. The zero-order valence-corrected chi connectivity index (χ0v) is 17.4. The molecule has 0 heterocycles. The average molecular weight is 433 g/mol. The van der Waals surface area contributed by atoms with Crippen molar-refractivity contribution in [2.24, 2.45) is 0 Å². The summed E-state index contributed by atoms with van der Waals surface area (Å²) in [5.41, 5.74) is 1.46. The minimum absolute atomic E-state index is 0.00676. The molecule has 0 fully saturated rings. The molecule has 160 valence electrons.